The van der Waals surface area contributed by atoms with E-state index in [1.807, 2.05) is 0 Å². The molecule has 2 aromatic rings. The SMILES string of the molecule is O=C(Nc1cnn([C@@H]2CCOC2)c1)c1ccc(F)cc1F. The zero-order valence-electron chi connectivity index (χ0n) is 11.1. The molecule has 1 atom stereocenters. The summed E-state index contributed by atoms with van der Waals surface area (Å²) in [5, 5.41) is 6.69. The molecule has 0 aliphatic carbocycles. The van der Waals surface area contributed by atoms with E-state index in [0.717, 1.165) is 18.6 Å². The third-order valence-corrected chi connectivity index (χ3v) is 3.31. The molecule has 1 aliphatic rings. The summed E-state index contributed by atoms with van der Waals surface area (Å²) >= 11 is 0. The third-order valence-electron chi connectivity index (χ3n) is 3.31. The van der Waals surface area contributed by atoms with Crippen LogP contribution in [0.15, 0.2) is 30.6 Å². The number of carbonyl (C=O) groups excluding carboxylic acids is 1. The fourth-order valence-electron chi connectivity index (χ4n) is 2.21. The van der Waals surface area contributed by atoms with Crippen LogP contribution < -0.4 is 5.32 Å². The first kappa shape index (κ1) is 13.7. The van der Waals surface area contributed by atoms with Gasteiger partial charge in [0.2, 0.25) is 0 Å². The molecule has 5 nitrogen and oxygen atoms in total. The van der Waals surface area contributed by atoms with Crippen LogP contribution in [0.2, 0.25) is 0 Å². The smallest absolute Gasteiger partial charge is 0.258 e. The molecule has 110 valence electrons. The minimum atomic E-state index is -0.899. The second-order valence-corrected chi connectivity index (χ2v) is 4.80. The van der Waals surface area contributed by atoms with Crippen molar-refractivity contribution in [3.05, 3.63) is 47.8 Å². The Bertz CT molecular complexity index is 666. The van der Waals surface area contributed by atoms with Crippen LogP contribution in [0.5, 0.6) is 0 Å². The van der Waals surface area contributed by atoms with Crippen LogP contribution in [-0.4, -0.2) is 28.9 Å². The summed E-state index contributed by atoms with van der Waals surface area (Å²) in [4.78, 5) is 11.9. The minimum Gasteiger partial charge on any atom is -0.379 e. The molecule has 3 rings (SSSR count). The van der Waals surface area contributed by atoms with Gasteiger partial charge in [-0.1, -0.05) is 0 Å². The number of aromatic nitrogens is 2. The maximum absolute atomic E-state index is 13.5. The van der Waals surface area contributed by atoms with Crippen LogP contribution in [0.25, 0.3) is 0 Å². The van der Waals surface area contributed by atoms with E-state index in [1.165, 1.54) is 6.20 Å². The highest BCUT2D eigenvalue weighted by Crippen LogP contribution is 2.20. The van der Waals surface area contributed by atoms with E-state index in [0.29, 0.717) is 25.0 Å². The molecule has 1 fully saturated rings. The Kier molecular flexibility index (Phi) is 3.66. The van der Waals surface area contributed by atoms with Crippen molar-refractivity contribution >= 4 is 11.6 Å². The van der Waals surface area contributed by atoms with Gasteiger partial charge in [-0.25, -0.2) is 8.78 Å². The predicted octanol–water partition coefficient (Wildman–Crippen LogP) is 2.38. The lowest BCUT2D eigenvalue weighted by molar-refractivity contribution is 0.102. The quantitative estimate of drug-likeness (QED) is 0.945. The topological polar surface area (TPSA) is 56.2 Å². The number of rotatable bonds is 3. The highest BCUT2D eigenvalue weighted by Gasteiger charge is 2.19. The summed E-state index contributed by atoms with van der Waals surface area (Å²) in [6.07, 6.45) is 4.01. The number of hydrogen-bond donors (Lipinski definition) is 1. The summed E-state index contributed by atoms with van der Waals surface area (Å²) in [6, 6.07) is 2.97. The van der Waals surface area contributed by atoms with Crippen molar-refractivity contribution in [2.45, 2.75) is 12.5 Å². The Labute approximate surface area is 119 Å². The number of nitrogens with zero attached hydrogens (tertiary/aromatic N) is 2. The van der Waals surface area contributed by atoms with Crippen molar-refractivity contribution in [1.29, 1.82) is 0 Å². The fourth-order valence-corrected chi connectivity index (χ4v) is 2.21. The number of amides is 1. The zero-order chi connectivity index (χ0) is 14.8. The largest absolute Gasteiger partial charge is 0.379 e. The summed E-state index contributed by atoms with van der Waals surface area (Å²) < 4.78 is 33.3. The van der Waals surface area contributed by atoms with Gasteiger partial charge < -0.3 is 10.1 Å². The van der Waals surface area contributed by atoms with Crippen molar-refractivity contribution in [2.75, 3.05) is 18.5 Å². The molecule has 1 aromatic carbocycles. The van der Waals surface area contributed by atoms with Gasteiger partial charge in [-0.3, -0.25) is 9.48 Å². The molecule has 1 aliphatic heterocycles. The standard InChI is InChI=1S/C14H13F2N3O2/c15-9-1-2-12(13(16)5-9)14(20)18-10-6-17-19(7-10)11-3-4-21-8-11/h1-2,5-7,11H,3-4,8H2,(H,18,20)/t11-/m1/s1. The molecular formula is C14H13F2N3O2. The van der Waals surface area contributed by atoms with Gasteiger partial charge in [0.25, 0.3) is 5.91 Å². The number of anilines is 1. The Morgan fingerprint density at radius 2 is 2.29 bits per heavy atom. The third kappa shape index (κ3) is 2.92. The first-order valence-electron chi connectivity index (χ1n) is 6.52. The first-order chi connectivity index (χ1) is 10.1. The van der Waals surface area contributed by atoms with Crippen LogP contribution in [0.3, 0.4) is 0 Å². The number of nitrogens with one attached hydrogen (secondary N) is 1. The van der Waals surface area contributed by atoms with Crippen LogP contribution in [-0.2, 0) is 4.74 Å². The summed E-state index contributed by atoms with van der Waals surface area (Å²) in [5.41, 5.74) is 0.240. The number of hydrogen-bond acceptors (Lipinski definition) is 3. The lowest BCUT2D eigenvalue weighted by Crippen LogP contribution is -2.14. The minimum absolute atomic E-state index is 0.151. The van der Waals surface area contributed by atoms with Gasteiger partial charge in [-0.05, 0) is 18.6 Å². The number of ether oxygens (including phenoxy) is 1. The average molecular weight is 293 g/mol. The number of benzene rings is 1. The van der Waals surface area contributed by atoms with Crippen LogP contribution in [0, 0.1) is 11.6 Å². The van der Waals surface area contributed by atoms with E-state index >= 15 is 0 Å². The molecule has 0 saturated carbocycles. The molecule has 21 heavy (non-hydrogen) atoms. The molecule has 7 heteroatoms. The Balaban J connectivity index is 1.72. The molecule has 1 saturated heterocycles. The lowest BCUT2D eigenvalue weighted by Gasteiger charge is -2.07. The predicted molar refractivity (Wildman–Crippen MR) is 71.0 cm³/mol. The average Bonchev–Trinajstić information content (AvgIpc) is 3.08. The Morgan fingerprint density at radius 3 is 3.00 bits per heavy atom. The Hall–Kier alpha value is -2.28. The van der Waals surface area contributed by atoms with Crippen molar-refractivity contribution in [3.8, 4) is 0 Å². The van der Waals surface area contributed by atoms with Crippen LogP contribution >= 0.6 is 0 Å². The maximum Gasteiger partial charge on any atom is 0.258 e. The van der Waals surface area contributed by atoms with E-state index in [-0.39, 0.29) is 11.6 Å². The van der Waals surface area contributed by atoms with E-state index in [4.69, 9.17) is 4.74 Å². The highest BCUT2D eigenvalue weighted by atomic mass is 19.1. The second-order valence-electron chi connectivity index (χ2n) is 4.80. The molecule has 0 bridgehead atoms. The monoisotopic (exact) mass is 293 g/mol. The van der Waals surface area contributed by atoms with Gasteiger partial charge in [0, 0.05) is 18.9 Å². The second kappa shape index (κ2) is 5.61. The van der Waals surface area contributed by atoms with Gasteiger partial charge in [-0.15, -0.1) is 0 Å². The van der Waals surface area contributed by atoms with E-state index < -0.39 is 17.5 Å². The molecule has 1 aromatic heterocycles. The molecule has 0 spiro atoms. The van der Waals surface area contributed by atoms with E-state index in [1.54, 1.807) is 10.9 Å². The van der Waals surface area contributed by atoms with Crippen molar-refractivity contribution in [1.82, 2.24) is 9.78 Å². The summed E-state index contributed by atoms with van der Waals surface area (Å²) in [5.74, 6) is -2.27. The highest BCUT2D eigenvalue weighted by molar-refractivity contribution is 6.04. The molecule has 1 amide bonds. The maximum atomic E-state index is 13.5. The van der Waals surface area contributed by atoms with Crippen molar-refractivity contribution in [3.63, 3.8) is 0 Å². The molecular weight excluding hydrogens is 280 g/mol. The molecule has 1 N–H and O–H groups in total. The normalized spacial score (nSPS) is 17.9. The summed E-state index contributed by atoms with van der Waals surface area (Å²) in [7, 11) is 0. The molecule has 0 radical (unpaired) electrons. The number of carbonyl (C=O) groups is 1. The van der Waals surface area contributed by atoms with Gasteiger partial charge in [0.15, 0.2) is 0 Å². The zero-order valence-corrected chi connectivity index (χ0v) is 11.1. The molecule has 0 unspecified atom stereocenters. The Morgan fingerprint density at radius 1 is 1.43 bits per heavy atom. The van der Waals surface area contributed by atoms with Crippen LogP contribution in [0.1, 0.15) is 22.8 Å². The van der Waals surface area contributed by atoms with Gasteiger partial charge in [0.05, 0.1) is 30.1 Å². The first-order valence-corrected chi connectivity index (χ1v) is 6.52. The van der Waals surface area contributed by atoms with E-state index in [9.17, 15) is 13.6 Å². The van der Waals surface area contributed by atoms with Crippen molar-refractivity contribution in [2.24, 2.45) is 0 Å². The fraction of sp³-hybridized carbons (Fsp3) is 0.286. The number of halogens is 2. The van der Waals surface area contributed by atoms with Gasteiger partial charge in [0.1, 0.15) is 11.6 Å². The van der Waals surface area contributed by atoms with Gasteiger partial charge in [-0.2, -0.15) is 5.10 Å². The van der Waals surface area contributed by atoms with E-state index in [2.05, 4.69) is 10.4 Å². The molecule has 2 heterocycles. The van der Waals surface area contributed by atoms with Crippen LogP contribution in [0.4, 0.5) is 14.5 Å². The van der Waals surface area contributed by atoms with Gasteiger partial charge >= 0.3 is 0 Å². The summed E-state index contributed by atoms with van der Waals surface area (Å²) in [6.45, 7) is 1.27. The lowest BCUT2D eigenvalue weighted by atomic mass is 10.2. The van der Waals surface area contributed by atoms with Crippen molar-refractivity contribution < 1.29 is 18.3 Å².